The zero-order valence-corrected chi connectivity index (χ0v) is 18.7. The average Bonchev–Trinajstić information content (AvgIpc) is 3.15. The fourth-order valence-electron chi connectivity index (χ4n) is 6.76. The van der Waals surface area contributed by atoms with Gasteiger partial charge in [0, 0.05) is 29.7 Å². The first kappa shape index (κ1) is 19.8. The van der Waals surface area contributed by atoms with Crippen LogP contribution in [-0.2, 0) is 22.5 Å². The second kappa shape index (κ2) is 8.25. The lowest BCUT2D eigenvalue weighted by molar-refractivity contribution is -0.900. The van der Waals surface area contributed by atoms with Crippen LogP contribution in [0, 0.1) is 0 Å². The summed E-state index contributed by atoms with van der Waals surface area (Å²) in [6, 6.07) is 7.60. The second-order valence-electron chi connectivity index (χ2n) is 10.2. The molecule has 4 aliphatic rings. The molecule has 0 radical (unpaired) electrons. The molecule has 1 N–H and O–H groups in total. The number of hydrogen-bond donors (Lipinski definition) is 1. The third-order valence-electron chi connectivity index (χ3n) is 8.40. The van der Waals surface area contributed by atoms with Gasteiger partial charge >= 0.3 is 0 Å². The van der Waals surface area contributed by atoms with Gasteiger partial charge < -0.3 is 19.1 Å². The zero-order valence-electron chi connectivity index (χ0n) is 18.7. The topological polar surface area (TPSA) is 38.9 Å². The largest absolute Gasteiger partial charge is 0.370 e. The van der Waals surface area contributed by atoms with Gasteiger partial charge in [0.15, 0.2) is 6.54 Å². The highest BCUT2D eigenvalue weighted by atomic mass is 16.5. The number of amides is 1. The van der Waals surface area contributed by atoms with Gasteiger partial charge in [-0.3, -0.25) is 4.79 Å². The molecule has 3 heterocycles. The Morgan fingerprint density at radius 1 is 1.03 bits per heavy atom. The molecule has 166 valence electrons. The third kappa shape index (κ3) is 3.50. The lowest BCUT2D eigenvalue weighted by atomic mass is 9.83. The maximum Gasteiger partial charge on any atom is 0.278 e. The Bertz CT molecular complexity index is 969. The number of aromatic nitrogens is 1. The Morgan fingerprint density at radius 3 is 2.71 bits per heavy atom. The number of quaternary nitrogens is 1. The Balaban J connectivity index is 1.31. The van der Waals surface area contributed by atoms with Crippen molar-refractivity contribution in [2.75, 3.05) is 39.4 Å². The highest BCUT2D eigenvalue weighted by Crippen LogP contribution is 2.44. The summed E-state index contributed by atoms with van der Waals surface area (Å²) in [5, 5.41) is 1.48. The van der Waals surface area contributed by atoms with Crippen LogP contribution in [0.4, 0.5) is 0 Å². The predicted molar refractivity (Wildman–Crippen MR) is 122 cm³/mol. The van der Waals surface area contributed by atoms with Crippen LogP contribution in [0.3, 0.4) is 0 Å². The zero-order chi connectivity index (χ0) is 20.8. The lowest BCUT2D eigenvalue weighted by Crippen LogP contribution is -3.15. The molecule has 2 aliphatic carbocycles. The number of rotatable bonds is 3. The number of nitrogens with one attached hydrogen (secondary N) is 1. The molecule has 1 saturated heterocycles. The summed E-state index contributed by atoms with van der Waals surface area (Å²) < 4.78 is 8.04. The fourth-order valence-corrected chi connectivity index (χ4v) is 6.76. The second-order valence-corrected chi connectivity index (χ2v) is 10.2. The Labute approximate surface area is 185 Å². The molecule has 31 heavy (non-hydrogen) atoms. The van der Waals surface area contributed by atoms with Gasteiger partial charge in [-0.15, -0.1) is 0 Å². The van der Waals surface area contributed by atoms with Gasteiger partial charge in [-0.1, -0.05) is 25.3 Å². The van der Waals surface area contributed by atoms with Crippen molar-refractivity contribution in [2.45, 2.75) is 69.9 Å². The number of carbonyl (C=O) groups excluding carboxylic acids is 1. The number of carbonyl (C=O) groups is 1. The molecule has 1 unspecified atom stereocenters. The van der Waals surface area contributed by atoms with Crippen LogP contribution in [0.1, 0.15) is 73.7 Å². The molecule has 1 saturated carbocycles. The van der Waals surface area contributed by atoms with E-state index in [1.807, 2.05) is 0 Å². The van der Waals surface area contributed by atoms with Gasteiger partial charge in [0.05, 0.1) is 19.3 Å². The molecule has 2 aliphatic heterocycles. The van der Waals surface area contributed by atoms with E-state index in [2.05, 4.69) is 27.7 Å². The average molecular weight is 423 g/mol. The minimum atomic E-state index is 0.274. The van der Waals surface area contributed by atoms with E-state index in [1.54, 1.807) is 11.1 Å². The number of hydrogen-bond acceptors (Lipinski definition) is 2. The van der Waals surface area contributed by atoms with Crippen LogP contribution in [0.25, 0.3) is 10.9 Å². The summed E-state index contributed by atoms with van der Waals surface area (Å²) >= 11 is 0. The van der Waals surface area contributed by atoms with Crippen molar-refractivity contribution in [3.05, 3.63) is 35.0 Å². The third-order valence-corrected chi connectivity index (χ3v) is 8.40. The van der Waals surface area contributed by atoms with Crippen LogP contribution in [0.2, 0.25) is 0 Å². The van der Waals surface area contributed by atoms with Gasteiger partial charge in [0.2, 0.25) is 0 Å². The minimum Gasteiger partial charge on any atom is -0.370 e. The highest BCUT2D eigenvalue weighted by molar-refractivity contribution is 5.88. The molecule has 2 fully saturated rings. The number of fused-ring (bicyclic) bond motifs is 3. The summed E-state index contributed by atoms with van der Waals surface area (Å²) in [4.78, 5) is 16.9. The summed E-state index contributed by atoms with van der Waals surface area (Å²) in [5.74, 6) is 1.09. The van der Waals surface area contributed by atoms with Crippen LogP contribution < -0.4 is 4.90 Å². The molecular weight excluding hydrogens is 386 g/mol. The van der Waals surface area contributed by atoms with Crippen molar-refractivity contribution in [2.24, 2.45) is 0 Å². The Hall–Kier alpha value is -1.85. The van der Waals surface area contributed by atoms with Crippen molar-refractivity contribution in [1.29, 1.82) is 0 Å². The molecular formula is C26H36N3O2+. The lowest BCUT2D eigenvalue weighted by Gasteiger charge is -2.40. The molecule has 2 aromatic rings. The first-order valence-electron chi connectivity index (χ1n) is 12.7. The summed E-state index contributed by atoms with van der Waals surface area (Å²) in [7, 11) is 0. The minimum absolute atomic E-state index is 0.274. The first-order valence-corrected chi connectivity index (χ1v) is 12.7. The van der Waals surface area contributed by atoms with Crippen molar-refractivity contribution in [1.82, 2.24) is 9.47 Å². The number of morpholine rings is 1. The van der Waals surface area contributed by atoms with Crippen molar-refractivity contribution < 1.29 is 14.4 Å². The van der Waals surface area contributed by atoms with Crippen molar-refractivity contribution in [3.8, 4) is 0 Å². The highest BCUT2D eigenvalue weighted by Gasteiger charge is 2.38. The number of benzene rings is 1. The van der Waals surface area contributed by atoms with Gasteiger partial charge in [0.25, 0.3) is 5.91 Å². The monoisotopic (exact) mass is 422 g/mol. The van der Waals surface area contributed by atoms with Crippen LogP contribution in [-0.4, -0.2) is 54.8 Å². The van der Waals surface area contributed by atoms with E-state index < -0.39 is 0 Å². The predicted octanol–water partition coefficient (Wildman–Crippen LogP) is 2.82. The van der Waals surface area contributed by atoms with Crippen LogP contribution in [0.15, 0.2) is 18.2 Å². The molecule has 0 bridgehead atoms. The van der Waals surface area contributed by atoms with Crippen molar-refractivity contribution >= 4 is 16.8 Å². The normalized spacial score (nSPS) is 25.0. The molecule has 1 aromatic heterocycles. The first-order chi connectivity index (χ1) is 15.3. The summed E-state index contributed by atoms with van der Waals surface area (Å²) in [6.07, 6.45) is 10.3. The van der Waals surface area contributed by atoms with E-state index in [4.69, 9.17) is 4.74 Å². The standard InChI is InChI=1S/C26H35N3O2/c30-25(18-27-13-15-31-16-14-27)28-11-12-29-23-10-9-20(19-5-2-1-3-6-19)17-22(23)21-7-4-8-24(28)26(21)29/h9-10,17,19,24H,1-8,11-16,18H2/p+1. The molecule has 1 aromatic carbocycles. The van der Waals surface area contributed by atoms with E-state index in [1.165, 1.54) is 66.4 Å². The maximum absolute atomic E-state index is 13.3. The quantitative estimate of drug-likeness (QED) is 0.826. The van der Waals surface area contributed by atoms with E-state index in [0.717, 1.165) is 51.7 Å². The fraction of sp³-hybridized carbons (Fsp3) is 0.654. The number of aryl methyl sites for hydroxylation is 1. The molecule has 5 nitrogen and oxygen atoms in total. The van der Waals surface area contributed by atoms with Crippen molar-refractivity contribution in [3.63, 3.8) is 0 Å². The van der Waals surface area contributed by atoms with E-state index in [9.17, 15) is 4.79 Å². The van der Waals surface area contributed by atoms with Gasteiger partial charge in [-0.2, -0.15) is 0 Å². The SMILES string of the molecule is O=C(C[NH+]1CCOCC1)N1CCn2c3c(c4cc(C5CCCCC5)ccc42)CCCC31. The summed E-state index contributed by atoms with van der Waals surface area (Å²) in [6.45, 7) is 5.91. The molecule has 0 spiro atoms. The Morgan fingerprint density at radius 2 is 1.87 bits per heavy atom. The molecule has 1 atom stereocenters. The van der Waals surface area contributed by atoms with E-state index in [-0.39, 0.29) is 6.04 Å². The van der Waals surface area contributed by atoms with Gasteiger partial charge in [-0.05, 0) is 61.3 Å². The van der Waals surface area contributed by atoms with Crippen LogP contribution >= 0.6 is 0 Å². The maximum atomic E-state index is 13.3. The molecule has 6 rings (SSSR count). The number of ether oxygens (including phenoxy) is 1. The van der Waals surface area contributed by atoms with Crippen LogP contribution in [0.5, 0.6) is 0 Å². The van der Waals surface area contributed by atoms with Gasteiger partial charge in [0.1, 0.15) is 13.1 Å². The summed E-state index contributed by atoms with van der Waals surface area (Å²) in [5.41, 5.74) is 5.96. The van der Waals surface area contributed by atoms with E-state index >= 15 is 0 Å². The Kier molecular flexibility index (Phi) is 5.27. The smallest absolute Gasteiger partial charge is 0.278 e. The van der Waals surface area contributed by atoms with Gasteiger partial charge in [-0.25, -0.2) is 0 Å². The number of nitrogens with zero attached hydrogens (tertiary/aromatic N) is 2. The molecule has 5 heteroatoms. The van der Waals surface area contributed by atoms with E-state index in [0.29, 0.717) is 12.5 Å². The molecule has 1 amide bonds.